The van der Waals surface area contributed by atoms with Gasteiger partial charge in [-0.2, -0.15) is 0 Å². The van der Waals surface area contributed by atoms with E-state index in [2.05, 4.69) is 84.4 Å². The normalized spacial score (nSPS) is 11.4. The van der Waals surface area contributed by atoms with E-state index in [1.165, 1.54) is 0 Å². The molecule has 0 saturated heterocycles. The lowest BCUT2D eigenvalue weighted by atomic mass is 10.1. The van der Waals surface area contributed by atoms with Crippen LogP contribution < -0.4 is 24.3 Å². The summed E-state index contributed by atoms with van der Waals surface area (Å²) in [7, 11) is 14.1. The first kappa shape index (κ1) is 63.2. The molecule has 0 bridgehead atoms. The van der Waals surface area contributed by atoms with Crippen LogP contribution in [-0.4, -0.2) is 71.8 Å². The highest BCUT2D eigenvalue weighted by molar-refractivity contribution is 5.99. The molecule has 0 spiro atoms. The van der Waals surface area contributed by atoms with Crippen LogP contribution in [0, 0.1) is 0 Å². The summed E-state index contributed by atoms with van der Waals surface area (Å²) in [5.41, 5.74) is 11.9. The minimum Gasteiger partial charge on any atom is -0.506 e. The van der Waals surface area contributed by atoms with Crippen LogP contribution in [0.4, 0.5) is 57.9 Å². The van der Waals surface area contributed by atoms with Gasteiger partial charge in [0.25, 0.3) is 0 Å². The molecule has 22 nitrogen and oxygen atoms in total. The van der Waals surface area contributed by atoms with Crippen molar-refractivity contribution in [2.75, 3.05) is 33.8 Å². The second-order valence-electron chi connectivity index (χ2n) is 21.5. The first-order chi connectivity index (χ1) is 47.0. The number of benzene rings is 11. The predicted molar refractivity (Wildman–Crippen MR) is 378 cm³/mol. The van der Waals surface area contributed by atoms with E-state index in [4.69, 9.17) is 18.9 Å². The summed E-state index contributed by atoms with van der Waals surface area (Å²) in [6.07, 6.45) is 0. The summed E-state index contributed by atoms with van der Waals surface area (Å²) in [5.74, 6) is 4.88. The number of nitrogens with one attached hydrogen (secondary N) is 1. The number of phenolic OH excluding ortho intramolecular Hbond substituents is 1. The number of para-hydroxylation sites is 9. The largest absolute Gasteiger partial charge is 0.506 e. The number of anilines is 2. The molecule has 4 aromatic heterocycles. The average molecular weight is 1270 g/mol. The van der Waals surface area contributed by atoms with Crippen molar-refractivity contribution in [2.45, 2.75) is 0 Å². The number of hydrogen-bond donors (Lipinski definition) is 2. The van der Waals surface area contributed by atoms with Crippen LogP contribution >= 0.6 is 0 Å². The van der Waals surface area contributed by atoms with Crippen molar-refractivity contribution >= 4 is 124 Å². The number of fused-ring (bicyclic) bond motifs is 6. The minimum absolute atomic E-state index is 0.103. The van der Waals surface area contributed by atoms with Gasteiger partial charge < -0.3 is 47.6 Å². The monoisotopic (exact) mass is 1270 g/mol. The third-order valence-corrected chi connectivity index (χ3v) is 15.6. The highest BCUT2D eigenvalue weighted by atomic mass is 16.5. The zero-order valence-corrected chi connectivity index (χ0v) is 53.8. The maximum Gasteiger partial charge on any atom is 0.250 e. The van der Waals surface area contributed by atoms with Gasteiger partial charge in [0.15, 0.2) is 0 Å². The number of hydrogen-bond acceptors (Lipinski definition) is 18. The van der Waals surface area contributed by atoms with Gasteiger partial charge in [0.1, 0.15) is 51.5 Å². The molecule has 0 aliphatic rings. The summed E-state index contributed by atoms with van der Waals surface area (Å²) in [4.78, 5) is 18.0. The summed E-state index contributed by atoms with van der Waals surface area (Å²) in [6.45, 7) is 0. The molecule has 0 atom stereocenters. The van der Waals surface area contributed by atoms with Crippen LogP contribution in [0.3, 0.4) is 0 Å². The third kappa shape index (κ3) is 13.9. The van der Waals surface area contributed by atoms with Crippen molar-refractivity contribution < 1.29 is 24.1 Å². The standard InChI is InChI=1S/C24H19N5.C18H14N4O.2C16H16N4O2/c1-29-22-14-8-7-13-20(22)26-24(29)28-27-23-19-12-6-5-9-17(19)15-16-21(23)25-18-10-3-2-4-11-18;1-22-15-9-5-4-8-14(15)19-18(22)21-20-17-13-7-3-2-6-12(13)10-11-16(17)23;1-20-14-7-5-4-6-12(14)17-16(20)19-18-13-10-11(21-2)8-9-15(13)22-3;1-20-14-7-5-4-6-12(14)17-16(20)19-18-13-9-8-11(21-2)10-15(13)22-3/h2-16,25H,1H3;2-11,23H,1H3;2*4-10H,1-3H3. The number of ether oxygens (including phenoxy) is 4. The number of aromatic hydroxyl groups is 1. The molecule has 96 heavy (non-hydrogen) atoms. The van der Waals surface area contributed by atoms with E-state index in [0.29, 0.717) is 63.9 Å². The lowest BCUT2D eigenvalue weighted by Gasteiger charge is -2.11. The minimum atomic E-state index is 0.103. The Labute approximate surface area is 551 Å². The van der Waals surface area contributed by atoms with E-state index in [1.807, 2.05) is 235 Å². The molecular formula is C74H65N17O5. The van der Waals surface area contributed by atoms with Crippen molar-refractivity contribution in [2.24, 2.45) is 69.1 Å². The second-order valence-corrected chi connectivity index (χ2v) is 21.5. The molecular weight excluding hydrogens is 1210 g/mol. The van der Waals surface area contributed by atoms with Crippen LogP contribution in [0.15, 0.2) is 278 Å². The maximum absolute atomic E-state index is 10.1. The van der Waals surface area contributed by atoms with Gasteiger partial charge in [-0.05, 0) is 108 Å². The van der Waals surface area contributed by atoms with E-state index < -0.39 is 0 Å². The van der Waals surface area contributed by atoms with Gasteiger partial charge in [-0.3, -0.25) is 0 Å². The van der Waals surface area contributed by atoms with E-state index >= 15 is 0 Å². The summed E-state index contributed by atoms with van der Waals surface area (Å²) in [6, 6.07) is 75.9. The van der Waals surface area contributed by atoms with Crippen molar-refractivity contribution in [3.8, 4) is 28.7 Å². The topological polar surface area (TPSA) is 239 Å². The van der Waals surface area contributed by atoms with Crippen LogP contribution in [0.5, 0.6) is 28.7 Å². The SMILES string of the molecule is COc1ccc(N=Nc2nc3ccccc3n2C)c(OC)c1.COc1ccc(OC)c(N=Nc2nc3ccccc3n2C)c1.Cn1c(N=Nc2c(Nc3ccccc3)ccc3ccccc23)nc2ccccc21.Cn1c(N=Nc2c(O)ccc3ccccc23)nc2ccccc21. The smallest absolute Gasteiger partial charge is 0.250 e. The van der Waals surface area contributed by atoms with E-state index in [9.17, 15) is 5.11 Å². The van der Waals surface area contributed by atoms with Crippen molar-refractivity contribution in [1.29, 1.82) is 0 Å². The third-order valence-electron chi connectivity index (χ3n) is 15.6. The lowest BCUT2D eigenvalue weighted by molar-refractivity contribution is 0.395. The van der Waals surface area contributed by atoms with Gasteiger partial charge in [-0.15, -0.1) is 40.9 Å². The fourth-order valence-electron chi connectivity index (χ4n) is 10.5. The van der Waals surface area contributed by atoms with Crippen molar-refractivity contribution in [3.63, 3.8) is 0 Å². The number of phenols is 1. The van der Waals surface area contributed by atoms with E-state index in [0.717, 1.165) is 82.7 Å². The van der Waals surface area contributed by atoms with Crippen LogP contribution in [0.25, 0.3) is 65.7 Å². The van der Waals surface area contributed by atoms with Gasteiger partial charge in [0, 0.05) is 56.8 Å². The Morgan fingerprint density at radius 1 is 0.333 bits per heavy atom. The number of aryl methyl sites for hydroxylation is 4. The molecule has 15 rings (SSSR count). The lowest BCUT2D eigenvalue weighted by Crippen LogP contribution is -1.91. The van der Waals surface area contributed by atoms with E-state index in [1.54, 1.807) is 58.8 Å². The van der Waals surface area contributed by atoms with Gasteiger partial charge in [0.2, 0.25) is 23.8 Å². The van der Waals surface area contributed by atoms with Crippen LogP contribution in [0.2, 0.25) is 0 Å². The van der Waals surface area contributed by atoms with Crippen molar-refractivity contribution in [1.82, 2.24) is 38.2 Å². The molecule has 0 aliphatic heterocycles. The Hall–Kier alpha value is -13.0. The fourth-order valence-corrected chi connectivity index (χ4v) is 10.5. The van der Waals surface area contributed by atoms with E-state index in [-0.39, 0.29) is 5.75 Å². The number of rotatable bonds is 14. The quantitative estimate of drug-likeness (QED) is 0.0976. The Morgan fingerprint density at radius 2 is 0.729 bits per heavy atom. The van der Waals surface area contributed by atoms with Gasteiger partial charge in [-0.1, -0.05) is 127 Å². The highest BCUT2D eigenvalue weighted by Gasteiger charge is 2.14. The number of azo groups is 4. The summed E-state index contributed by atoms with van der Waals surface area (Å²) < 4.78 is 28.6. The van der Waals surface area contributed by atoms with Crippen molar-refractivity contribution in [3.05, 3.63) is 237 Å². The fraction of sp³-hybridized carbons (Fsp3) is 0.108. The molecule has 476 valence electrons. The molecule has 0 saturated carbocycles. The molecule has 22 heteroatoms. The zero-order valence-electron chi connectivity index (χ0n) is 53.8. The Kier molecular flexibility index (Phi) is 19.2. The molecule has 2 N–H and O–H groups in total. The first-order valence-corrected chi connectivity index (χ1v) is 30.3. The van der Waals surface area contributed by atoms with Crippen LogP contribution in [0.1, 0.15) is 0 Å². The molecule has 11 aromatic carbocycles. The summed E-state index contributed by atoms with van der Waals surface area (Å²) in [5, 5.41) is 52.2. The van der Waals surface area contributed by atoms with Gasteiger partial charge in [0.05, 0.1) is 78.3 Å². The molecule has 0 fully saturated rings. The Bertz CT molecular complexity index is 5380. The number of aromatic nitrogens is 8. The molecule has 0 amide bonds. The van der Waals surface area contributed by atoms with Crippen LogP contribution in [-0.2, 0) is 28.2 Å². The molecule has 0 aliphatic carbocycles. The number of imidazole rings is 4. The maximum atomic E-state index is 10.1. The first-order valence-electron chi connectivity index (χ1n) is 30.3. The predicted octanol–water partition coefficient (Wildman–Crippen LogP) is 19.7. The second kappa shape index (κ2) is 29.1. The zero-order chi connectivity index (χ0) is 66.5. The van der Waals surface area contributed by atoms with Gasteiger partial charge >= 0.3 is 0 Å². The summed E-state index contributed by atoms with van der Waals surface area (Å²) >= 11 is 0. The molecule has 4 heterocycles. The molecule has 15 aromatic rings. The Morgan fingerprint density at radius 3 is 1.21 bits per heavy atom. The Balaban J connectivity index is 0.000000123. The molecule has 0 unspecified atom stereocenters. The van der Waals surface area contributed by atoms with Gasteiger partial charge in [-0.25, -0.2) is 19.9 Å². The average Bonchev–Trinajstić information content (AvgIpc) is 0.920. The molecule has 0 radical (unpaired) electrons. The number of nitrogens with zero attached hydrogens (tertiary/aromatic N) is 16. The number of methoxy groups -OCH3 is 4. The highest BCUT2D eigenvalue weighted by Crippen LogP contribution is 2.40.